The summed E-state index contributed by atoms with van der Waals surface area (Å²) in [4.78, 5) is 30.0. The van der Waals surface area contributed by atoms with Crippen molar-refractivity contribution in [1.82, 2.24) is 34.8 Å². The molecule has 0 atom stereocenters. The zero-order valence-electron chi connectivity index (χ0n) is 20.6. The van der Waals surface area contributed by atoms with Gasteiger partial charge in [0, 0.05) is 12.1 Å². The molecular weight excluding hydrogens is 493 g/mol. The van der Waals surface area contributed by atoms with Crippen LogP contribution >= 0.6 is 0 Å². The normalized spacial score (nSPS) is 11.0. The van der Waals surface area contributed by atoms with E-state index in [0.29, 0.717) is 40.3 Å². The molecule has 0 aliphatic carbocycles. The minimum Gasteiger partial charge on any atom is -0.497 e. The lowest BCUT2D eigenvalue weighted by Gasteiger charge is -2.08. The first kappa shape index (κ1) is 24.7. The molecule has 0 saturated carbocycles. The highest BCUT2D eigenvalue weighted by molar-refractivity contribution is 5.93. The Labute approximate surface area is 215 Å². The first-order valence-electron chi connectivity index (χ1n) is 11.7. The summed E-state index contributed by atoms with van der Waals surface area (Å²) in [6, 6.07) is 12.9. The fourth-order valence-electron chi connectivity index (χ4n) is 4.02. The molecule has 0 spiro atoms. The molecule has 1 amide bonds. The molecular formula is C26H24FN7O4. The van der Waals surface area contributed by atoms with Crippen molar-refractivity contribution in [1.29, 1.82) is 0 Å². The van der Waals surface area contributed by atoms with Crippen LogP contribution in [-0.2, 0) is 13.1 Å². The molecule has 0 radical (unpaired) electrons. The topological polar surface area (TPSA) is 129 Å². The summed E-state index contributed by atoms with van der Waals surface area (Å²) in [5, 5.41) is 14.4. The third kappa shape index (κ3) is 4.96. The van der Waals surface area contributed by atoms with Crippen LogP contribution in [0, 0.1) is 5.82 Å². The van der Waals surface area contributed by atoms with Crippen molar-refractivity contribution >= 4 is 16.9 Å². The molecule has 2 aromatic carbocycles. The van der Waals surface area contributed by atoms with Gasteiger partial charge in [0.1, 0.15) is 34.7 Å². The van der Waals surface area contributed by atoms with Gasteiger partial charge in [-0.3, -0.25) is 19.3 Å². The Morgan fingerprint density at radius 1 is 1.11 bits per heavy atom. The number of nitrogens with zero attached hydrogens (tertiary/aromatic N) is 5. The number of nitrogens with one attached hydrogen (secondary N) is 2. The predicted molar refractivity (Wildman–Crippen MR) is 137 cm³/mol. The summed E-state index contributed by atoms with van der Waals surface area (Å²) in [6.07, 6.45) is 2.89. The Kier molecular flexibility index (Phi) is 6.85. The zero-order chi connectivity index (χ0) is 26.6. The quantitative estimate of drug-likeness (QED) is 0.308. The van der Waals surface area contributed by atoms with Crippen molar-refractivity contribution in [3.8, 4) is 22.8 Å². The number of carbonyl (C=O) groups excluding carboxylic acids is 1. The van der Waals surface area contributed by atoms with Crippen LogP contribution in [0.4, 0.5) is 4.39 Å². The summed E-state index contributed by atoms with van der Waals surface area (Å²) in [5.41, 5.74) is 2.42. The van der Waals surface area contributed by atoms with Gasteiger partial charge < -0.3 is 14.8 Å². The molecule has 5 aromatic rings. The number of benzene rings is 2. The second-order valence-corrected chi connectivity index (χ2v) is 8.40. The van der Waals surface area contributed by atoms with Crippen LogP contribution < -0.4 is 20.3 Å². The van der Waals surface area contributed by atoms with Gasteiger partial charge in [-0.05, 0) is 42.0 Å². The second kappa shape index (κ2) is 10.5. The molecule has 0 fully saturated rings. The van der Waals surface area contributed by atoms with Crippen LogP contribution in [0.1, 0.15) is 16.1 Å². The number of hydrogen-bond acceptors (Lipinski definition) is 7. The summed E-state index contributed by atoms with van der Waals surface area (Å²) in [5.74, 6) is 0.543. The van der Waals surface area contributed by atoms with Crippen LogP contribution in [0.2, 0.25) is 0 Å². The van der Waals surface area contributed by atoms with Gasteiger partial charge in [-0.2, -0.15) is 10.2 Å². The number of rotatable bonds is 9. The molecule has 3 aromatic heterocycles. The van der Waals surface area contributed by atoms with Gasteiger partial charge in [0.2, 0.25) is 0 Å². The minimum absolute atomic E-state index is 0.243. The number of aromatic nitrogens is 6. The maximum absolute atomic E-state index is 13.2. The minimum atomic E-state index is -0.350. The molecule has 194 valence electrons. The number of ether oxygens (including phenoxy) is 2. The lowest BCUT2D eigenvalue weighted by molar-refractivity contribution is 0.0947. The summed E-state index contributed by atoms with van der Waals surface area (Å²) in [7, 11) is 3.12. The number of aromatic amines is 1. The Balaban J connectivity index is 1.24. The van der Waals surface area contributed by atoms with Gasteiger partial charge in [-0.25, -0.2) is 14.1 Å². The van der Waals surface area contributed by atoms with Gasteiger partial charge in [0.15, 0.2) is 5.65 Å². The van der Waals surface area contributed by atoms with Gasteiger partial charge in [0.25, 0.3) is 11.5 Å². The van der Waals surface area contributed by atoms with E-state index in [1.54, 1.807) is 55.3 Å². The Morgan fingerprint density at radius 3 is 2.68 bits per heavy atom. The molecule has 2 N–H and O–H groups in total. The molecule has 0 saturated heterocycles. The highest BCUT2D eigenvalue weighted by Crippen LogP contribution is 2.32. The summed E-state index contributed by atoms with van der Waals surface area (Å²) >= 11 is 0. The Morgan fingerprint density at radius 2 is 1.92 bits per heavy atom. The SMILES string of the molecule is COc1ccc(OC)c(-c2cc(C(=O)NCCn3ncc4c(=O)n(Cc5ccc(F)cc5)cnc43)[nH]n2)c1. The van der Waals surface area contributed by atoms with Gasteiger partial charge in [-0.1, -0.05) is 12.1 Å². The lowest BCUT2D eigenvalue weighted by atomic mass is 10.1. The average Bonchev–Trinajstić information content (AvgIpc) is 3.59. The van der Waals surface area contributed by atoms with E-state index in [2.05, 4.69) is 25.6 Å². The van der Waals surface area contributed by atoms with Crippen molar-refractivity contribution in [2.45, 2.75) is 13.1 Å². The first-order valence-corrected chi connectivity index (χ1v) is 11.7. The van der Waals surface area contributed by atoms with Crippen molar-refractivity contribution < 1.29 is 18.7 Å². The van der Waals surface area contributed by atoms with Crippen molar-refractivity contribution in [3.63, 3.8) is 0 Å². The maximum atomic E-state index is 13.2. The fourth-order valence-corrected chi connectivity index (χ4v) is 4.02. The molecule has 5 rings (SSSR count). The molecule has 12 heteroatoms. The van der Waals surface area contributed by atoms with Crippen molar-refractivity contribution in [3.05, 3.63) is 88.5 Å². The predicted octanol–water partition coefficient (Wildman–Crippen LogP) is 2.62. The number of methoxy groups -OCH3 is 2. The van der Waals surface area contributed by atoms with Gasteiger partial charge in [-0.15, -0.1) is 0 Å². The number of fused-ring (bicyclic) bond motifs is 1. The standard InChI is InChI=1S/C26H24FN7O4/c1-37-18-7-8-23(38-2)19(11-18)21-12-22(32-31-21)25(35)28-9-10-34-24-20(13-30-34)26(36)33(15-29-24)14-16-3-5-17(27)6-4-16/h3-8,11-13,15H,9-10,14H2,1-2H3,(H,28,35)(H,31,32). The Hall–Kier alpha value is -5.00. The van der Waals surface area contributed by atoms with Crippen LogP contribution in [0.3, 0.4) is 0 Å². The van der Waals surface area contributed by atoms with Crippen LogP contribution in [0.25, 0.3) is 22.3 Å². The molecule has 38 heavy (non-hydrogen) atoms. The summed E-state index contributed by atoms with van der Waals surface area (Å²) in [6.45, 7) is 0.804. The van der Waals surface area contributed by atoms with Crippen molar-refractivity contribution in [2.24, 2.45) is 0 Å². The highest BCUT2D eigenvalue weighted by atomic mass is 19.1. The molecule has 0 aliphatic heterocycles. The smallest absolute Gasteiger partial charge is 0.269 e. The number of halogens is 1. The van der Waals surface area contributed by atoms with E-state index >= 15 is 0 Å². The second-order valence-electron chi connectivity index (χ2n) is 8.40. The van der Waals surface area contributed by atoms with E-state index in [0.717, 1.165) is 5.56 Å². The zero-order valence-corrected chi connectivity index (χ0v) is 20.6. The third-order valence-electron chi connectivity index (χ3n) is 6.00. The van der Waals surface area contributed by atoms with E-state index < -0.39 is 0 Å². The van der Waals surface area contributed by atoms with Crippen LogP contribution in [-0.4, -0.2) is 56.2 Å². The number of carbonyl (C=O) groups is 1. The summed E-state index contributed by atoms with van der Waals surface area (Å²) < 4.78 is 26.8. The van der Waals surface area contributed by atoms with Gasteiger partial charge in [0.05, 0.1) is 39.2 Å². The average molecular weight is 518 g/mol. The largest absolute Gasteiger partial charge is 0.497 e. The molecule has 0 aliphatic rings. The van der Waals surface area contributed by atoms with E-state index in [9.17, 15) is 14.0 Å². The molecule has 11 nitrogen and oxygen atoms in total. The van der Waals surface area contributed by atoms with E-state index in [1.165, 1.54) is 29.2 Å². The molecule has 0 unspecified atom stereocenters. The highest BCUT2D eigenvalue weighted by Gasteiger charge is 2.16. The fraction of sp³-hybridized carbons (Fsp3) is 0.192. The third-order valence-corrected chi connectivity index (χ3v) is 6.00. The first-order chi connectivity index (χ1) is 18.5. The van der Waals surface area contributed by atoms with E-state index in [4.69, 9.17) is 9.47 Å². The Bertz CT molecular complexity index is 1660. The lowest BCUT2D eigenvalue weighted by Crippen LogP contribution is -2.28. The monoisotopic (exact) mass is 517 g/mol. The molecule has 0 bridgehead atoms. The molecule has 3 heterocycles. The van der Waals surface area contributed by atoms with Crippen molar-refractivity contribution in [2.75, 3.05) is 20.8 Å². The van der Waals surface area contributed by atoms with E-state index in [1.807, 2.05) is 0 Å². The van der Waals surface area contributed by atoms with E-state index in [-0.39, 0.29) is 36.1 Å². The number of hydrogen-bond donors (Lipinski definition) is 2. The number of H-pyrrole nitrogens is 1. The number of amides is 1. The maximum Gasteiger partial charge on any atom is 0.269 e. The van der Waals surface area contributed by atoms with Gasteiger partial charge >= 0.3 is 0 Å². The van der Waals surface area contributed by atoms with Crippen LogP contribution in [0.5, 0.6) is 11.5 Å². The van der Waals surface area contributed by atoms with Crippen LogP contribution in [0.15, 0.2) is 65.8 Å².